The molecule has 0 saturated heterocycles. The highest BCUT2D eigenvalue weighted by atomic mass is 16.2. The van der Waals surface area contributed by atoms with Crippen molar-refractivity contribution in [3.8, 4) is 0 Å². The van der Waals surface area contributed by atoms with Crippen LogP contribution in [0.2, 0.25) is 0 Å². The first-order chi connectivity index (χ1) is 10.7. The van der Waals surface area contributed by atoms with Gasteiger partial charge in [0.2, 0.25) is 5.91 Å². The molecule has 2 fully saturated rings. The number of nitrogens with zero attached hydrogens (tertiary/aromatic N) is 1. The fourth-order valence-electron chi connectivity index (χ4n) is 3.54. The summed E-state index contributed by atoms with van der Waals surface area (Å²) in [7, 11) is 0. The lowest BCUT2D eigenvalue weighted by molar-refractivity contribution is -0.133. The minimum atomic E-state index is 0.230. The molecule has 0 bridgehead atoms. The molecular formula is C19H28N2O. The average Bonchev–Trinajstić information content (AvgIpc) is 3.29. The number of hydrogen-bond donors (Lipinski definition) is 1. The Morgan fingerprint density at radius 3 is 2.36 bits per heavy atom. The van der Waals surface area contributed by atoms with Crippen LogP contribution in [0.1, 0.15) is 56.6 Å². The van der Waals surface area contributed by atoms with Crippen LogP contribution in [0.5, 0.6) is 0 Å². The summed E-state index contributed by atoms with van der Waals surface area (Å²) in [4.78, 5) is 14.8. The van der Waals surface area contributed by atoms with Gasteiger partial charge in [-0.05, 0) is 49.1 Å². The number of carbonyl (C=O) groups excluding carboxylic acids is 1. The molecule has 2 saturated carbocycles. The summed E-state index contributed by atoms with van der Waals surface area (Å²) in [6, 6.07) is 9.39. The Hall–Kier alpha value is -1.35. The summed E-state index contributed by atoms with van der Waals surface area (Å²) in [5, 5.41) is 0. The molecule has 0 aromatic heterocycles. The van der Waals surface area contributed by atoms with E-state index in [0.29, 0.717) is 24.3 Å². The van der Waals surface area contributed by atoms with Gasteiger partial charge in [0.05, 0.1) is 0 Å². The molecule has 22 heavy (non-hydrogen) atoms. The van der Waals surface area contributed by atoms with Gasteiger partial charge in [0.1, 0.15) is 0 Å². The molecule has 2 N–H and O–H groups in total. The number of rotatable bonds is 6. The third kappa shape index (κ3) is 3.70. The van der Waals surface area contributed by atoms with Gasteiger partial charge in [-0.15, -0.1) is 0 Å². The van der Waals surface area contributed by atoms with Gasteiger partial charge in [0, 0.05) is 25.0 Å². The molecule has 3 rings (SSSR count). The van der Waals surface area contributed by atoms with Gasteiger partial charge in [0.15, 0.2) is 0 Å². The molecule has 3 nitrogen and oxygen atoms in total. The molecule has 0 spiro atoms. The van der Waals surface area contributed by atoms with Crippen LogP contribution < -0.4 is 5.73 Å². The van der Waals surface area contributed by atoms with Crippen LogP contribution in [0.25, 0.3) is 0 Å². The number of carbonyl (C=O) groups is 1. The van der Waals surface area contributed by atoms with Gasteiger partial charge in [-0.1, -0.05) is 37.6 Å². The van der Waals surface area contributed by atoms with Crippen LogP contribution in [0.3, 0.4) is 0 Å². The molecular weight excluding hydrogens is 272 g/mol. The van der Waals surface area contributed by atoms with E-state index in [9.17, 15) is 4.79 Å². The Balaban J connectivity index is 1.62. The highest BCUT2D eigenvalue weighted by molar-refractivity contribution is 5.77. The minimum absolute atomic E-state index is 0.230. The van der Waals surface area contributed by atoms with E-state index in [2.05, 4.69) is 36.1 Å². The Morgan fingerprint density at radius 2 is 1.82 bits per heavy atom. The van der Waals surface area contributed by atoms with Crippen LogP contribution >= 0.6 is 0 Å². The molecule has 1 aromatic carbocycles. The fourth-order valence-corrected chi connectivity index (χ4v) is 3.54. The summed E-state index contributed by atoms with van der Waals surface area (Å²) in [5.74, 6) is 0.709. The second-order valence-corrected chi connectivity index (χ2v) is 6.98. The van der Waals surface area contributed by atoms with E-state index in [1.165, 1.54) is 17.5 Å². The molecule has 2 aliphatic rings. The number of aryl methyl sites for hydroxylation is 1. The largest absolute Gasteiger partial charge is 0.335 e. The average molecular weight is 300 g/mol. The second kappa shape index (κ2) is 6.82. The highest BCUT2D eigenvalue weighted by Crippen LogP contribution is 2.32. The highest BCUT2D eigenvalue weighted by Gasteiger charge is 2.35. The van der Waals surface area contributed by atoms with Gasteiger partial charge in [-0.3, -0.25) is 4.79 Å². The van der Waals surface area contributed by atoms with E-state index >= 15 is 0 Å². The Labute approximate surface area is 133 Å². The van der Waals surface area contributed by atoms with Crippen molar-refractivity contribution in [1.29, 1.82) is 0 Å². The van der Waals surface area contributed by atoms with Gasteiger partial charge < -0.3 is 10.6 Å². The zero-order chi connectivity index (χ0) is 15.5. The molecule has 2 aliphatic carbocycles. The summed E-state index contributed by atoms with van der Waals surface area (Å²) in [6.07, 6.45) is 7.42. The van der Waals surface area contributed by atoms with E-state index in [1.54, 1.807) is 0 Å². The van der Waals surface area contributed by atoms with Gasteiger partial charge in [-0.2, -0.15) is 0 Å². The van der Waals surface area contributed by atoms with Gasteiger partial charge >= 0.3 is 0 Å². The van der Waals surface area contributed by atoms with Crippen LogP contribution in [-0.4, -0.2) is 22.9 Å². The first-order valence-electron chi connectivity index (χ1n) is 8.80. The van der Waals surface area contributed by atoms with E-state index in [0.717, 1.165) is 38.6 Å². The van der Waals surface area contributed by atoms with Gasteiger partial charge in [0.25, 0.3) is 0 Å². The van der Waals surface area contributed by atoms with Crippen molar-refractivity contribution in [2.24, 2.45) is 11.7 Å². The Morgan fingerprint density at radius 1 is 1.14 bits per heavy atom. The third-order valence-corrected chi connectivity index (χ3v) is 5.25. The quantitative estimate of drug-likeness (QED) is 0.876. The smallest absolute Gasteiger partial charge is 0.223 e. The lowest BCUT2D eigenvalue weighted by Crippen LogP contribution is -2.36. The van der Waals surface area contributed by atoms with Crippen molar-refractivity contribution < 1.29 is 4.79 Å². The Kier molecular flexibility index (Phi) is 4.82. The molecule has 1 aromatic rings. The van der Waals surface area contributed by atoms with E-state index in [4.69, 9.17) is 5.73 Å². The molecule has 0 radical (unpaired) electrons. The van der Waals surface area contributed by atoms with Gasteiger partial charge in [-0.25, -0.2) is 0 Å². The van der Waals surface area contributed by atoms with E-state index in [-0.39, 0.29) is 6.04 Å². The number of nitrogens with two attached hydrogens (primary N) is 1. The van der Waals surface area contributed by atoms with Crippen LogP contribution in [0.4, 0.5) is 0 Å². The van der Waals surface area contributed by atoms with Crippen molar-refractivity contribution in [2.75, 3.05) is 0 Å². The van der Waals surface area contributed by atoms with E-state index in [1.807, 2.05) is 0 Å². The number of hydrogen-bond acceptors (Lipinski definition) is 2. The zero-order valence-corrected chi connectivity index (χ0v) is 13.6. The zero-order valence-electron chi connectivity index (χ0n) is 13.6. The second-order valence-electron chi connectivity index (χ2n) is 6.98. The topological polar surface area (TPSA) is 46.3 Å². The predicted octanol–water partition coefficient (Wildman–Crippen LogP) is 3.26. The summed E-state index contributed by atoms with van der Waals surface area (Å²) in [6.45, 7) is 2.93. The molecule has 0 aliphatic heterocycles. The summed E-state index contributed by atoms with van der Waals surface area (Å²) in [5.41, 5.74) is 8.73. The van der Waals surface area contributed by atoms with Crippen molar-refractivity contribution in [3.63, 3.8) is 0 Å². The number of benzene rings is 1. The molecule has 120 valence electrons. The molecule has 0 heterocycles. The maximum absolute atomic E-state index is 12.7. The molecule has 1 amide bonds. The SMILES string of the molecule is CCc1ccc(CN(C(=O)C[C@@H]2CCC[C@H]2N)C2CC2)cc1. The monoisotopic (exact) mass is 300 g/mol. The summed E-state index contributed by atoms with van der Waals surface area (Å²) < 4.78 is 0. The number of amides is 1. The fraction of sp³-hybridized carbons (Fsp3) is 0.632. The van der Waals surface area contributed by atoms with Crippen molar-refractivity contribution in [1.82, 2.24) is 4.90 Å². The minimum Gasteiger partial charge on any atom is -0.335 e. The van der Waals surface area contributed by atoms with E-state index < -0.39 is 0 Å². The molecule has 3 heteroatoms. The lowest BCUT2D eigenvalue weighted by atomic mass is 9.99. The molecule has 0 unspecified atom stereocenters. The standard InChI is InChI=1S/C19H28N2O/c1-2-14-6-8-15(9-7-14)13-21(17-10-11-17)19(22)12-16-4-3-5-18(16)20/h6-9,16-18H,2-5,10-13,20H2,1H3/t16-,18+/m0/s1. The van der Waals surface area contributed by atoms with Crippen LogP contribution in [-0.2, 0) is 17.8 Å². The van der Waals surface area contributed by atoms with Crippen molar-refractivity contribution in [3.05, 3.63) is 35.4 Å². The van der Waals surface area contributed by atoms with Crippen LogP contribution in [0.15, 0.2) is 24.3 Å². The summed E-state index contributed by atoms with van der Waals surface area (Å²) >= 11 is 0. The first kappa shape index (κ1) is 15.5. The van der Waals surface area contributed by atoms with Crippen molar-refractivity contribution in [2.45, 2.75) is 70.5 Å². The Bertz CT molecular complexity index is 507. The lowest BCUT2D eigenvalue weighted by Gasteiger charge is -2.25. The first-order valence-corrected chi connectivity index (χ1v) is 8.80. The molecule has 2 atom stereocenters. The third-order valence-electron chi connectivity index (χ3n) is 5.25. The van der Waals surface area contributed by atoms with Crippen molar-refractivity contribution >= 4 is 5.91 Å². The maximum atomic E-state index is 12.7. The predicted molar refractivity (Wildman–Crippen MR) is 89.3 cm³/mol. The normalized spacial score (nSPS) is 24.5. The van der Waals surface area contributed by atoms with Crippen LogP contribution in [0, 0.1) is 5.92 Å². The maximum Gasteiger partial charge on any atom is 0.223 e.